The number of hydrogen-bond acceptors (Lipinski definition) is 3. The van der Waals surface area contributed by atoms with Crippen LogP contribution in [0.2, 0.25) is 0 Å². The minimum Gasteiger partial charge on any atom is -0.378 e. The third-order valence-corrected chi connectivity index (χ3v) is 5.10. The summed E-state index contributed by atoms with van der Waals surface area (Å²) in [5.41, 5.74) is 3.37. The molecular formula is C22H28N2O2. The van der Waals surface area contributed by atoms with Gasteiger partial charge in [0.2, 0.25) is 5.91 Å². The summed E-state index contributed by atoms with van der Waals surface area (Å²) in [6.45, 7) is 6.05. The zero-order valence-corrected chi connectivity index (χ0v) is 15.8. The van der Waals surface area contributed by atoms with Gasteiger partial charge in [-0.25, -0.2) is 0 Å². The van der Waals surface area contributed by atoms with Gasteiger partial charge in [-0.05, 0) is 30.5 Å². The van der Waals surface area contributed by atoms with E-state index in [1.54, 1.807) is 7.11 Å². The van der Waals surface area contributed by atoms with Crippen molar-refractivity contribution in [3.63, 3.8) is 0 Å². The minimum atomic E-state index is 0.0510. The number of methoxy groups -OCH3 is 1. The predicted octanol–water partition coefficient (Wildman–Crippen LogP) is 3.12. The Morgan fingerprint density at radius 2 is 1.73 bits per heavy atom. The summed E-state index contributed by atoms with van der Waals surface area (Å²) >= 11 is 0. The van der Waals surface area contributed by atoms with Gasteiger partial charge in [0.05, 0.1) is 18.6 Å². The van der Waals surface area contributed by atoms with Crippen LogP contribution in [-0.2, 0) is 16.0 Å². The number of nitrogens with zero attached hydrogens (tertiary/aromatic N) is 1. The van der Waals surface area contributed by atoms with E-state index in [9.17, 15) is 4.79 Å². The Balaban J connectivity index is 1.58. The van der Waals surface area contributed by atoms with Gasteiger partial charge in [0.15, 0.2) is 0 Å². The molecule has 2 atom stereocenters. The fraction of sp³-hybridized carbons (Fsp3) is 0.409. The summed E-state index contributed by atoms with van der Waals surface area (Å²) in [5.74, 6) is 0.0510. The molecule has 4 heteroatoms. The number of nitrogens with one attached hydrogen (secondary N) is 1. The molecule has 0 saturated carbocycles. The van der Waals surface area contributed by atoms with Crippen molar-refractivity contribution >= 4 is 5.91 Å². The maximum absolute atomic E-state index is 12.5. The van der Waals surface area contributed by atoms with Crippen molar-refractivity contribution in [3.8, 4) is 11.1 Å². The quantitative estimate of drug-likeness (QED) is 0.868. The van der Waals surface area contributed by atoms with Gasteiger partial charge in [-0.3, -0.25) is 9.69 Å². The van der Waals surface area contributed by atoms with Crippen molar-refractivity contribution in [3.05, 3.63) is 60.2 Å². The van der Waals surface area contributed by atoms with Crippen LogP contribution >= 0.6 is 0 Å². The first-order valence-electron chi connectivity index (χ1n) is 9.27. The van der Waals surface area contributed by atoms with Crippen LogP contribution in [0, 0.1) is 0 Å². The number of carbonyl (C=O) groups is 1. The summed E-state index contributed by atoms with van der Waals surface area (Å²) in [6, 6.07) is 19.0. The molecule has 1 heterocycles. The summed E-state index contributed by atoms with van der Waals surface area (Å²) < 4.78 is 5.56. The molecule has 2 aromatic carbocycles. The Hall–Kier alpha value is -2.17. The van der Waals surface area contributed by atoms with Crippen molar-refractivity contribution in [1.82, 2.24) is 10.2 Å². The Morgan fingerprint density at radius 1 is 1.08 bits per heavy atom. The van der Waals surface area contributed by atoms with Crippen LogP contribution in [-0.4, -0.2) is 49.2 Å². The van der Waals surface area contributed by atoms with Crippen LogP contribution in [0.1, 0.15) is 19.4 Å². The third kappa shape index (κ3) is 4.51. The fourth-order valence-electron chi connectivity index (χ4n) is 3.49. The van der Waals surface area contributed by atoms with Gasteiger partial charge < -0.3 is 10.1 Å². The molecule has 0 unspecified atom stereocenters. The highest BCUT2D eigenvalue weighted by Crippen LogP contribution is 2.20. The highest BCUT2D eigenvalue weighted by Gasteiger charge is 2.34. The normalized spacial score (nSPS) is 20.5. The van der Waals surface area contributed by atoms with Crippen LogP contribution in [0.15, 0.2) is 54.6 Å². The molecule has 1 aliphatic rings. The lowest BCUT2D eigenvalue weighted by Gasteiger charge is -2.20. The Bertz CT molecular complexity index is 713. The number of ether oxygens (including phenoxy) is 1. The Kier molecular flexibility index (Phi) is 6.07. The number of carbonyl (C=O) groups excluding carboxylic acids is 1. The highest BCUT2D eigenvalue weighted by molar-refractivity contribution is 5.79. The second kappa shape index (κ2) is 8.47. The van der Waals surface area contributed by atoms with Crippen LogP contribution in [0.25, 0.3) is 11.1 Å². The number of likely N-dealkylation sites (tertiary alicyclic amines) is 1. The van der Waals surface area contributed by atoms with Gasteiger partial charge in [-0.2, -0.15) is 0 Å². The third-order valence-electron chi connectivity index (χ3n) is 5.10. The zero-order chi connectivity index (χ0) is 18.5. The molecule has 3 rings (SSSR count). The van der Waals surface area contributed by atoms with Crippen LogP contribution in [0.4, 0.5) is 0 Å². The van der Waals surface area contributed by atoms with Gasteiger partial charge >= 0.3 is 0 Å². The second-order valence-corrected chi connectivity index (χ2v) is 7.24. The van der Waals surface area contributed by atoms with E-state index < -0.39 is 0 Å². The lowest BCUT2D eigenvalue weighted by molar-refractivity contribution is -0.121. The Labute approximate surface area is 156 Å². The first-order valence-corrected chi connectivity index (χ1v) is 9.27. The van der Waals surface area contributed by atoms with Crippen molar-refractivity contribution in [1.29, 1.82) is 0 Å². The van der Waals surface area contributed by atoms with E-state index in [1.807, 2.05) is 30.3 Å². The first-order chi connectivity index (χ1) is 12.6. The fourth-order valence-corrected chi connectivity index (χ4v) is 3.49. The van der Waals surface area contributed by atoms with Crippen molar-refractivity contribution < 1.29 is 9.53 Å². The van der Waals surface area contributed by atoms with E-state index in [1.165, 1.54) is 5.56 Å². The zero-order valence-electron chi connectivity index (χ0n) is 15.8. The van der Waals surface area contributed by atoms with Crippen LogP contribution in [0.5, 0.6) is 0 Å². The SMILES string of the molecule is CO[C@@H]1CN(C(C)C)C[C@H]1NC(=O)Cc1ccc(-c2ccccc2)cc1. The molecule has 0 bridgehead atoms. The first kappa shape index (κ1) is 18.6. The maximum atomic E-state index is 12.5. The standard InChI is InChI=1S/C22H28N2O2/c1-16(2)24-14-20(21(15-24)26-3)23-22(25)13-17-9-11-19(12-10-17)18-7-5-4-6-8-18/h4-12,16,20-21H,13-15H2,1-3H3,(H,23,25)/t20-,21-/m1/s1. The molecule has 1 N–H and O–H groups in total. The van der Waals surface area contributed by atoms with Gasteiger partial charge in [0.25, 0.3) is 0 Å². The largest absolute Gasteiger partial charge is 0.378 e. The molecule has 1 saturated heterocycles. The van der Waals surface area contributed by atoms with E-state index in [0.29, 0.717) is 12.5 Å². The van der Waals surface area contributed by atoms with E-state index >= 15 is 0 Å². The average Bonchev–Trinajstić information content (AvgIpc) is 3.06. The summed E-state index contributed by atoms with van der Waals surface area (Å²) in [4.78, 5) is 14.8. The van der Waals surface area contributed by atoms with Gasteiger partial charge in [0, 0.05) is 26.2 Å². The summed E-state index contributed by atoms with van der Waals surface area (Å²) in [5, 5.41) is 3.15. The van der Waals surface area contributed by atoms with E-state index in [0.717, 1.165) is 24.2 Å². The van der Waals surface area contributed by atoms with Crippen LogP contribution in [0.3, 0.4) is 0 Å². The van der Waals surface area contributed by atoms with Crippen LogP contribution < -0.4 is 5.32 Å². The monoisotopic (exact) mass is 352 g/mol. The summed E-state index contributed by atoms with van der Waals surface area (Å²) in [7, 11) is 1.72. The minimum absolute atomic E-state index is 0.0510. The van der Waals surface area contributed by atoms with Gasteiger partial charge in [-0.15, -0.1) is 0 Å². The number of benzene rings is 2. The molecule has 1 aliphatic heterocycles. The molecule has 0 aromatic heterocycles. The topological polar surface area (TPSA) is 41.6 Å². The molecule has 0 aliphatic carbocycles. The molecule has 4 nitrogen and oxygen atoms in total. The number of hydrogen-bond donors (Lipinski definition) is 1. The van der Waals surface area contributed by atoms with E-state index in [4.69, 9.17) is 4.74 Å². The molecule has 1 fully saturated rings. The number of amides is 1. The molecular weight excluding hydrogens is 324 g/mol. The van der Waals surface area contributed by atoms with Crippen molar-refractivity contribution in [2.75, 3.05) is 20.2 Å². The van der Waals surface area contributed by atoms with Gasteiger partial charge in [-0.1, -0.05) is 54.6 Å². The lowest BCUT2D eigenvalue weighted by Crippen LogP contribution is -2.44. The van der Waals surface area contributed by atoms with Gasteiger partial charge in [0.1, 0.15) is 0 Å². The lowest BCUT2D eigenvalue weighted by atomic mass is 10.0. The predicted molar refractivity (Wildman–Crippen MR) is 105 cm³/mol. The Morgan fingerprint density at radius 3 is 2.35 bits per heavy atom. The molecule has 2 aromatic rings. The van der Waals surface area contributed by atoms with E-state index in [-0.39, 0.29) is 18.1 Å². The molecule has 0 radical (unpaired) electrons. The second-order valence-electron chi connectivity index (χ2n) is 7.24. The smallest absolute Gasteiger partial charge is 0.224 e. The summed E-state index contributed by atoms with van der Waals surface area (Å²) in [6.07, 6.45) is 0.450. The molecule has 26 heavy (non-hydrogen) atoms. The maximum Gasteiger partial charge on any atom is 0.224 e. The molecule has 0 spiro atoms. The van der Waals surface area contributed by atoms with Crippen molar-refractivity contribution in [2.24, 2.45) is 0 Å². The average molecular weight is 352 g/mol. The van der Waals surface area contributed by atoms with E-state index in [2.05, 4.69) is 48.3 Å². The molecule has 1 amide bonds. The van der Waals surface area contributed by atoms with Crippen molar-refractivity contribution in [2.45, 2.75) is 38.5 Å². The molecule has 138 valence electrons. The number of rotatable bonds is 6. The highest BCUT2D eigenvalue weighted by atomic mass is 16.5.